The van der Waals surface area contributed by atoms with E-state index >= 15 is 0 Å². The molecule has 0 fully saturated rings. The number of hydrogen-bond donors (Lipinski definition) is 3. The highest BCUT2D eigenvalue weighted by molar-refractivity contribution is 5.30. The summed E-state index contributed by atoms with van der Waals surface area (Å²) in [5.41, 5.74) is 0.945. The molecule has 20 heavy (non-hydrogen) atoms. The van der Waals surface area contributed by atoms with Gasteiger partial charge in [-0.2, -0.15) is 0 Å². The van der Waals surface area contributed by atoms with Crippen LogP contribution >= 0.6 is 0 Å². The molecular weight excluding hydrogens is 258 g/mol. The minimum absolute atomic E-state index is 0.0271. The van der Waals surface area contributed by atoms with Gasteiger partial charge in [-0.05, 0) is 29.8 Å². The molecule has 2 rings (SSSR count). The Labute approximate surface area is 117 Å². The second kappa shape index (κ2) is 7.09. The number of aliphatic hydroxyl groups excluding tert-OH is 2. The molecule has 0 radical (unpaired) electrons. The van der Waals surface area contributed by atoms with Crippen molar-refractivity contribution >= 4 is 0 Å². The van der Waals surface area contributed by atoms with Crippen LogP contribution in [0.2, 0.25) is 0 Å². The van der Waals surface area contributed by atoms with Crippen molar-refractivity contribution in [2.45, 2.75) is 19.2 Å². The lowest BCUT2D eigenvalue weighted by molar-refractivity contribution is 0.231. The molecule has 1 aromatic heterocycles. The Hall–Kier alpha value is -1.82. The monoisotopic (exact) mass is 277 g/mol. The smallest absolute Gasteiger partial charge is 0.129 e. The van der Waals surface area contributed by atoms with E-state index in [9.17, 15) is 5.11 Å². The number of methoxy groups -OCH3 is 1. The second-order valence-electron chi connectivity index (χ2n) is 4.42. The molecule has 0 aliphatic rings. The topological polar surface area (TPSA) is 74.9 Å². The Balaban J connectivity index is 2.01. The third kappa shape index (κ3) is 3.60. The largest absolute Gasteiger partial charge is 0.497 e. The summed E-state index contributed by atoms with van der Waals surface area (Å²) >= 11 is 0. The summed E-state index contributed by atoms with van der Waals surface area (Å²) in [4.78, 5) is 0. The van der Waals surface area contributed by atoms with E-state index in [4.69, 9.17) is 14.3 Å². The van der Waals surface area contributed by atoms with Crippen molar-refractivity contribution in [2.75, 3.05) is 13.7 Å². The zero-order valence-electron chi connectivity index (χ0n) is 11.4. The zero-order valence-corrected chi connectivity index (χ0v) is 11.4. The van der Waals surface area contributed by atoms with E-state index in [2.05, 4.69) is 5.32 Å². The molecule has 1 atom stereocenters. The van der Waals surface area contributed by atoms with Gasteiger partial charge in [0.2, 0.25) is 0 Å². The fourth-order valence-corrected chi connectivity index (χ4v) is 1.97. The Morgan fingerprint density at radius 3 is 2.65 bits per heavy atom. The van der Waals surface area contributed by atoms with Crippen molar-refractivity contribution in [1.82, 2.24) is 5.32 Å². The summed E-state index contributed by atoms with van der Waals surface area (Å²) in [7, 11) is 1.61. The number of rotatable bonds is 7. The summed E-state index contributed by atoms with van der Waals surface area (Å²) in [6.45, 7) is 0.336. The average Bonchev–Trinajstić information content (AvgIpc) is 2.96. The number of ether oxygens (including phenoxy) is 1. The molecule has 0 bridgehead atoms. The van der Waals surface area contributed by atoms with Crippen LogP contribution in [0.5, 0.6) is 5.75 Å². The molecule has 0 amide bonds. The maximum atomic E-state index is 9.50. The summed E-state index contributed by atoms with van der Waals surface area (Å²) < 4.78 is 10.6. The molecule has 0 spiro atoms. The van der Waals surface area contributed by atoms with E-state index in [1.54, 1.807) is 19.2 Å². The molecule has 1 heterocycles. The van der Waals surface area contributed by atoms with Gasteiger partial charge in [-0.15, -0.1) is 0 Å². The number of nitrogens with one attached hydrogen (secondary N) is 1. The summed E-state index contributed by atoms with van der Waals surface area (Å²) in [6, 6.07) is 10.9. The summed E-state index contributed by atoms with van der Waals surface area (Å²) in [5, 5.41) is 21.7. The molecule has 1 unspecified atom stereocenters. The maximum absolute atomic E-state index is 9.50. The lowest BCUT2D eigenvalue weighted by Crippen LogP contribution is -2.23. The van der Waals surface area contributed by atoms with Crippen molar-refractivity contribution in [3.63, 3.8) is 0 Å². The van der Waals surface area contributed by atoms with Gasteiger partial charge in [0.25, 0.3) is 0 Å². The predicted molar refractivity (Wildman–Crippen MR) is 74.3 cm³/mol. The van der Waals surface area contributed by atoms with E-state index < -0.39 is 0 Å². The third-order valence-corrected chi connectivity index (χ3v) is 3.07. The molecule has 0 saturated heterocycles. The van der Waals surface area contributed by atoms with Gasteiger partial charge in [-0.1, -0.05) is 12.1 Å². The van der Waals surface area contributed by atoms with Gasteiger partial charge in [0.15, 0.2) is 0 Å². The van der Waals surface area contributed by atoms with Crippen molar-refractivity contribution in [2.24, 2.45) is 0 Å². The Morgan fingerprint density at radius 1 is 1.20 bits per heavy atom. The number of benzene rings is 1. The van der Waals surface area contributed by atoms with E-state index in [1.165, 1.54) is 0 Å². The van der Waals surface area contributed by atoms with Gasteiger partial charge in [-0.3, -0.25) is 0 Å². The number of furan rings is 1. The van der Waals surface area contributed by atoms with Crippen LogP contribution in [0.3, 0.4) is 0 Å². The van der Waals surface area contributed by atoms with Crippen molar-refractivity contribution in [3.05, 3.63) is 53.5 Å². The first-order chi connectivity index (χ1) is 9.76. The first kappa shape index (κ1) is 14.6. The highest BCUT2D eigenvalue weighted by Crippen LogP contribution is 2.19. The highest BCUT2D eigenvalue weighted by Gasteiger charge is 2.11. The van der Waals surface area contributed by atoms with Gasteiger partial charge >= 0.3 is 0 Å². The number of hydrogen-bond acceptors (Lipinski definition) is 5. The van der Waals surface area contributed by atoms with Crippen LogP contribution in [0.4, 0.5) is 0 Å². The lowest BCUT2D eigenvalue weighted by Gasteiger charge is -2.16. The predicted octanol–water partition coefficient (Wildman–Crippen LogP) is 1.60. The van der Waals surface area contributed by atoms with E-state index in [0.29, 0.717) is 12.3 Å². The third-order valence-electron chi connectivity index (χ3n) is 3.07. The van der Waals surface area contributed by atoms with Gasteiger partial charge in [0.1, 0.15) is 23.9 Å². The fourth-order valence-electron chi connectivity index (χ4n) is 1.97. The summed E-state index contributed by atoms with van der Waals surface area (Å²) in [5.74, 6) is 2.00. The van der Waals surface area contributed by atoms with E-state index in [0.717, 1.165) is 17.1 Å². The molecule has 0 aliphatic carbocycles. The Bertz CT molecular complexity index is 538. The van der Waals surface area contributed by atoms with Crippen LogP contribution in [0.15, 0.2) is 40.8 Å². The minimum Gasteiger partial charge on any atom is -0.497 e. The molecule has 5 heteroatoms. The maximum Gasteiger partial charge on any atom is 0.129 e. The van der Waals surface area contributed by atoms with Crippen molar-refractivity contribution in [3.8, 4) is 5.75 Å². The van der Waals surface area contributed by atoms with Gasteiger partial charge in [0.05, 0.1) is 26.3 Å². The van der Waals surface area contributed by atoms with Crippen molar-refractivity contribution < 1.29 is 19.4 Å². The van der Waals surface area contributed by atoms with Crippen LogP contribution in [0, 0.1) is 0 Å². The quantitative estimate of drug-likeness (QED) is 0.717. The van der Waals surface area contributed by atoms with Gasteiger partial charge in [0, 0.05) is 0 Å². The zero-order chi connectivity index (χ0) is 14.4. The number of aliphatic hydroxyl groups is 2. The SMILES string of the molecule is COc1cccc(C(CO)NCc2ccc(CO)o2)c1. The minimum atomic E-state index is -0.201. The lowest BCUT2D eigenvalue weighted by atomic mass is 10.1. The van der Waals surface area contributed by atoms with E-state index in [1.807, 2.05) is 24.3 Å². The molecular formula is C15H19NO4. The highest BCUT2D eigenvalue weighted by atomic mass is 16.5. The van der Waals surface area contributed by atoms with Crippen LogP contribution in [-0.4, -0.2) is 23.9 Å². The van der Waals surface area contributed by atoms with Crippen LogP contribution < -0.4 is 10.1 Å². The van der Waals surface area contributed by atoms with Gasteiger partial charge in [-0.25, -0.2) is 0 Å². The van der Waals surface area contributed by atoms with Crippen LogP contribution in [-0.2, 0) is 13.2 Å². The second-order valence-corrected chi connectivity index (χ2v) is 4.42. The van der Waals surface area contributed by atoms with E-state index in [-0.39, 0.29) is 19.3 Å². The Kier molecular flexibility index (Phi) is 5.17. The molecule has 2 aromatic rings. The molecule has 5 nitrogen and oxygen atoms in total. The molecule has 3 N–H and O–H groups in total. The average molecular weight is 277 g/mol. The fraction of sp³-hybridized carbons (Fsp3) is 0.333. The van der Waals surface area contributed by atoms with Gasteiger partial charge < -0.3 is 24.7 Å². The summed E-state index contributed by atoms with van der Waals surface area (Å²) in [6.07, 6.45) is 0. The van der Waals surface area contributed by atoms with Crippen LogP contribution in [0.25, 0.3) is 0 Å². The first-order valence-electron chi connectivity index (χ1n) is 6.43. The Morgan fingerprint density at radius 2 is 2.00 bits per heavy atom. The standard InChI is InChI=1S/C15H19NO4/c1-19-12-4-2-3-11(7-12)15(10-18)16-8-13-5-6-14(9-17)20-13/h2-7,15-18H,8-10H2,1H3. The molecule has 1 aromatic carbocycles. The van der Waals surface area contributed by atoms with Crippen LogP contribution in [0.1, 0.15) is 23.1 Å². The first-order valence-corrected chi connectivity index (χ1v) is 6.43. The molecule has 0 saturated carbocycles. The van der Waals surface area contributed by atoms with Crippen molar-refractivity contribution in [1.29, 1.82) is 0 Å². The molecule has 0 aliphatic heterocycles. The molecule has 108 valence electrons. The normalized spacial score (nSPS) is 12.3.